The van der Waals surface area contributed by atoms with Crippen molar-refractivity contribution in [1.29, 1.82) is 0 Å². The van der Waals surface area contributed by atoms with Crippen LogP contribution < -0.4 is 0 Å². The monoisotopic (exact) mass is 248 g/mol. The van der Waals surface area contributed by atoms with Crippen LogP contribution in [0.15, 0.2) is 11.4 Å². The molecule has 1 N–H and O–H groups in total. The highest BCUT2D eigenvalue weighted by Gasteiger charge is 2.08. The highest BCUT2D eigenvalue weighted by atomic mass is 35.5. The molecule has 0 saturated heterocycles. The van der Waals surface area contributed by atoms with Crippen LogP contribution in [0, 0.1) is 0 Å². The average Bonchev–Trinajstić information content (AvgIpc) is 2.24. The molecule has 1 aromatic heterocycles. The molecule has 0 fully saturated rings. The van der Waals surface area contributed by atoms with Gasteiger partial charge in [0.05, 0.1) is 6.61 Å². The molecule has 0 bridgehead atoms. The lowest BCUT2D eigenvalue weighted by Gasteiger charge is -2.06. The van der Waals surface area contributed by atoms with E-state index in [4.69, 9.17) is 21.4 Å². The van der Waals surface area contributed by atoms with Gasteiger partial charge in [-0.3, -0.25) is 0 Å². The number of halogens is 1. The molecule has 0 saturated carbocycles. The zero-order valence-electron chi connectivity index (χ0n) is 8.44. The lowest BCUT2D eigenvalue weighted by molar-refractivity contribution is 0.200. The summed E-state index contributed by atoms with van der Waals surface area (Å²) < 4.78 is 4.94. The van der Waals surface area contributed by atoms with Gasteiger partial charge in [0.25, 0.3) is 0 Å². The van der Waals surface area contributed by atoms with Crippen LogP contribution in [-0.2, 0) is 11.3 Å². The largest absolute Gasteiger partial charge is 0.391 e. The number of nitrogens with zero attached hydrogens (tertiary/aromatic N) is 2. The van der Waals surface area contributed by atoms with E-state index in [2.05, 4.69) is 9.97 Å². The van der Waals surface area contributed by atoms with Gasteiger partial charge < -0.3 is 9.84 Å². The Hall–Kier alpha value is -0.360. The standard InChI is InChI=1S/C9H13ClN2O2S/c1-14-3-2-4-15-9-7(5-13)8(10)11-6-12-9/h6,13H,2-5H2,1H3. The third-order valence-corrected chi connectivity index (χ3v) is 3.19. The molecule has 0 aliphatic heterocycles. The maximum atomic E-state index is 9.10. The molecule has 6 heteroatoms. The zero-order valence-corrected chi connectivity index (χ0v) is 10.0. The van der Waals surface area contributed by atoms with Crippen molar-refractivity contribution in [2.45, 2.75) is 18.1 Å². The Morgan fingerprint density at radius 3 is 3.00 bits per heavy atom. The van der Waals surface area contributed by atoms with Crippen LogP contribution in [0.4, 0.5) is 0 Å². The molecule has 0 aromatic carbocycles. The number of rotatable bonds is 6. The predicted molar refractivity (Wildman–Crippen MR) is 60.2 cm³/mol. The van der Waals surface area contributed by atoms with Crippen LogP contribution in [-0.4, -0.2) is 34.5 Å². The van der Waals surface area contributed by atoms with Gasteiger partial charge >= 0.3 is 0 Å². The fraction of sp³-hybridized carbons (Fsp3) is 0.556. The van der Waals surface area contributed by atoms with E-state index in [0.29, 0.717) is 10.7 Å². The molecule has 0 aliphatic carbocycles. The number of methoxy groups -OCH3 is 1. The normalized spacial score (nSPS) is 10.6. The maximum Gasteiger partial charge on any atom is 0.139 e. The van der Waals surface area contributed by atoms with Crippen LogP contribution in [0.3, 0.4) is 0 Å². The van der Waals surface area contributed by atoms with Gasteiger partial charge in [0.1, 0.15) is 16.5 Å². The number of aliphatic hydroxyl groups excluding tert-OH is 1. The van der Waals surface area contributed by atoms with Gasteiger partial charge in [0.2, 0.25) is 0 Å². The van der Waals surface area contributed by atoms with Gasteiger partial charge in [-0.05, 0) is 6.42 Å². The van der Waals surface area contributed by atoms with Crippen LogP contribution in [0.5, 0.6) is 0 Å². The van der Waals surface area contributed by atoms with Gasteiger partial charge in [0, 0.05) is 25.0 Å². The Balaban J connectivity index is 2.56. The summed E-state index contributed by atoms with van der Waals surface area (Å²) in [6, 6.07) is 0. The minimum absolute atomic E-state index is 0.133. The molecule has 84 valence electrons. The summed E-state index contributed by atoms with van der Waals surface area (Å²) >= 11 is 7.37. The summed E-state index contributed by atoms with van der Waals surface area (Å²) in [4.78, 5) is 7.89. The van der Waals surface area contributed by atoms with Crippen molar-refractivity contribution >= 4 is 23.4 Å². The summed E-state index contributed by atoms with van der Waals surface area (Å²) in [5, 5.41) is 10.2. The van der Waals surface area contributed by atoms with Crippen molar-refractivity contribution in [3.63, 3.8) is 0 Å². The van der Waals surface area contributed by atoms with E-state index in [1.165, 1.54) is 6.33 Å². The number of ether oxygens (including phenoxy) is 1. The van der Waals surface area contributed by atoms with E-state index in [-0.39, 0.29) is 6.61 Å². The van der Waals surface area contributed by atoms with Crippen molar-refractivity contribution in [1.82, 2.24) is 9.97 Å². The van der Waals surface area contributed by atoms with Gasteiger partial charge in [0.15, 0.2) is 0 Å². The molecule has 1 heterocycles. The molecule has 0 spiro atoms. The summed E-state index contributed by atoms with van der Waals surface area (Å²) in [6.45, 7) is 0.590. The third-order valence-electron chi connectivity index (χ3n) is 1.74. The molecule has 0 radical (unpaired) electrons. The van der Waals surface area contributed by atoms with Crippen LogP contribution in [0.2, 0.25) is 5.15 Å². The molecule has 15 heavy (non-hydrogen) atoms. The molecule has 1 aromatic rings. The Morgan fingerprint density at radius 1 is 1.53 bits per heavy atom. The number of aliphatic hydroxyl groups is 1. The first-order chi connectivity index (χ1) is 7.29. The molecule has 1 rings (SSSR count). The SMILES string of the molecule is COCCCSc1ncnc(Cl)c1CO. The maximum absolute atomic E-state index is 9.10. The quantitative estimate of drug-likeness (QED) is 0.472. The third kappa shape index (κ3) is 3.95. The first-order valence-electron chi connectivity index (χ1n) is 4.51. The first kappa shape index (κ1) is 12.7. The Labute approximate surface area is 98.0 Å². The van der Waals surface area contributed by atoms with Crippen LogP contribution >= 0.6 is 23.4 Å². The van der Waals surface area contributed by atoms with Crippen LogP contribution in [0.1, 0.15) is 12.0 Å². The lowest BCUT2D eigenvalue weighted by atomic mass is 10.4. The van der Waals surface area contributed by atoms with Gasteiger partial charge in [-0.2, -0.15) is 0 Å². The summed E-state index contributed by atoms with van der Waals surface area (Å²) in [7, 11) is 1.67. The summed E-state index contributed by atoms with van der Waals surface area (Å²) in [5.74, 6) is 0.883. The van der Waals surface area contributed by atoms with E-state index in [1.54, 1.807) is 18.9 Å². The number of hydrogen-bond acceptors (Lipinski definition) is 5. The average molecular weight is 249 g/mol. The minimum Gasteiger partial charge on any atom is -0.391 e. The molecule has 0 unspecified atom stereocenters. The highest BCUT2D eigenvalue weighted by molar-refractivity contribution is 7.99. The zero-order chi connectivity index (χ0) is 11.1. The number of hydrogen-bond donors (Lipinski definition) is 1. The minimum atomic E-state index is -0.133. The Bertz CT molecular complexity index is 312. The van der Waals surface area contributed by atoms with E-state index in [1.807, 2.05) is 0 Å². The Kier molecular flexibility index (Phi) is 5.93. The molecular formula is C9H13ClN2O2S. The molecule has 0 amide bonds. The molecule has 0 aliphatic rings. The van der Waals surface area contributed by atoms with Crippen molar-refractivity contribution < 1.29 is 9.84 Å². The van der Waals surface area contributed by atoms with E-state index < -0.39 is 0 Å². The second kappa shape index (κ2) is 7.00. The smallest absolute Gasteiger partial charge is 0.139 e. The van der Waals surface area contributed by atoms with E-state index in [0.717, 1.165) is 23.8 Å². The number of thioether (sulfide) groups is 1. The first-order valence-corrected chi connectivity index (χ1v) is 5.88. The summed E-state index contributed by atoms with van der Waals surface area (Å²) in [6.07, 6.45) is 2.34. The van der Waals surface area contributed by atoms with Gasteiger partial charge in [-0.25, -0.2) is 9.97 Å². The fourth-order valence-electron chi connectivity index (χ4n) is 1.01. The van der Waals surface area contributed by atoms with Gasteiger partial charge in [-0.15, -0.1) is 11.8 Å². The fourth-order valence-corrected chi connectivity index (χ4v) is 2.17. The predicted octanol–water partition coefficient (Wildman–Crippen LogP) is 1.75. The second-order valence-corrected chi connectivity index (χ2v) is 4.24. The van der Waals surface area contributed by atoms with Crippen LogP contribution in [0.25, 0.3) is 0 Å². The van der Waals surface area contributed by atoms with E-state index in [9.17, 15) is 0 Å². The van der Waals surface area contributed by atoms with Crippen molar-refractivity contribution in [2.75, 3.05) is 19.5 Å². The van der Waals surface area contributed by atoms with Gasteiger partial charge in [-0.1, -0.05) is 11.6 Å². The summed E-state index contributed by atoms with van der Waals surface area (Å²) in [5.41, 5.74) is 0.599. The molecular weight excluding hydrogens is 236 g/mol. The second-order valence-electron chi connectivity index (χ2n) is 2.80. The van der Waals surface area contributed by atoms with E-state index >= 15 is 0 Å². The topological polar surface area (TPSA) is 55.2 Å². The molecule has 4 nitrogen and oxygen atoms in total. The number of aromatic nitrogens is 2. The highest BCUT2D eigenvalue weighted by Crippen LogP contribution is 2.24. The lowest BCUT2D eigenvalue weighted by Crippen LogP contribution is -1.97. The Morgan fingerprint density at radius 2 is 2.33 bits per heavy atom. The molecule has 0 atom stereocenters. The van der Waals surface area contributed by atoms with Crippen molar-refractivity contribution in [3.8, 4) is 0 Å². The van der Waals surface area contributed by atoms with Crippen molar-refractivity contribution in [2.24, 2.45) is 0 Å². The van der Waals surface area contributed by atoms with Crippen molar-refractivity contribution in [3.05, 3.63) is 17.0 Å².